The predicted molar refractivity (Wildman–Crippen MR) is 555 cm³/mol. The Morgan fingerprint density at radius 3 is 0.955 bits per heavy atom. The summed E-state index contributed by atoms with van der Waals surface area (Å²) in [4.78, 5) is 2.35. The van der Waals surface area contributed by atoms with Gasteiger partial charge in [-0.25, -0.2) is 0 Å². The van der Waals surface area contributed by atoms with Gasteiger partial charge in [-0.05, 0) is 291 Å². The third kappa shape index (κ3) is 11.3. The first-order valence-electron chi connectivity index (χ1n) is 46.4. The highest BCUT2D eigenvalue weighted by atomic mass is 32.1. The molecule has 622 valence electrons. The third-order valence-electron chi connectivity index (χ3n) is 29.9. The molecule has 0 bridgehead atoms. The SMILES string of the molecule is c1ccc(-c2ccc(C3c4ccccc4-c4cc(-c5ccc(N(c6ccc(-c7ccccc7)cc6)c6ccc(-c7ccc(-n8c9ccc(-c%10ccc(-c%11ccc%12c(c%11)C%11(c%13ccccc%13-c%13ccccc%13%11)c%11ccccc%11-%12)cc%10)cc9c9cc(-c%10ccc(-c%11ccc%12c(c%11)C%11(c%13ccccc%13-c%13ccccc%13%11)c%11ccccc%11-%12)cc%10)ccc98)cc7)c7nsnc67)cc5)ccc43)cc2)cc1. The smallest absolute Gasteiger partial charge is 0.129 e. The fourth-order valence-electron chi connectivity index (χ4n) is 23.9. The summed E-state index contributed by atoms with van der Waals surface area (Å²) in [5.41, 5.74) is 53.5. The van der Waals surface area contributed by atoms with Crippen molar-refractivity contribution in [1.82, 2.24) is 13.3 Å². The number of rotatable bonds is 13. The molecule has 4 nitrogen and oxygen atoms in total. The standard InChI is InChI=1S/C129H80N4S/c1-3-21-80(22-4-1)82-47-49-90(50-48-82)125-109-32-8-7-25-100(109)111-75-91(59-70-110(111)125)88-53-64-97(65-54-88)132(96-62-51-83(52-63-96)81-23-5-2-6-24-81)124-74-71-99(126-127(124)131-134-130-126)89-55-66-98(67-56-89)133-122-72-60-92(84-39-43-86(44-40-84)94-57-68-107-105-30-13-19-37-118(105)128(120(107)78-94)114-33-15-9-26-101(114)102-27-10-16-34-115(102)128)76-112(122)113-77-93(61-73-123(113)133)85-41-45-87(46-42-85)95-58-69-108-106-31-14-20-38-119(106)129(121(108)79-95)116-35-17-11-28-103(116)104-29-12-18-36-117(104)129/h1-79,125H. The third-order valence-corrected chi connectivity index (χ3v) is 30.4. The van der Waals surface area contributed by atoms with Crippen molar-refractivity contribution >= 4 is 61.6 Å². The lowest BCUT2D eigenvalue weighted by molar-refractivity contribution is 0.794. The van der Waals surface area contributed by atoms with Crippen LogP contribution in [0, 0.1) is 0 Å². The normalized spacial score (nSPS) is 13.7. The molecule has 23 aromatic rings. The molecule has 134 heavy (non-hydrogen) atoms. The summed E-state index contributed by atoms with van der Waals surface area (Å²) in [7, 11) is 0. The van der Waals surface area contributed by atoms with E-state index in [2.05, 4.69) is 489 Å². The van der Waals surface area contributed by atoms with Gasteiger partial charge in [-0.2, -0.15) is 8.75 Å². The second-order valence-electron chi connectivity index (χ2n) is 36.5. The summed E-state index contributed by atoms with van der Waals surface area (Å²) in [5, 5.41) is 2.36. The average Bonchev–Trinajstić information content (AvgIpc) is 1.51. The minimum Gasteiger partial charge on any atom is -0.309 e. The Labute approximate surface area is 781 Å². The number of hydrogen-bond acceptors (Lipinski definition) is 4. The van der Waals surface area contributed by atoms with E-state index < -0.39 is 10.8 Å². The van der Waals surface area contributed by atoms with Crippen LogP contribution in [0.4, 0.5) is 17.1 Å². The molecule has 0 aliphatic heterocycles. The van der Waals surface area contributed by atoms with Crippen LogP contribution in [0.15, 0.2) is 479 Å². The number of nitrogens with zero attached hydrogens (tertiary/aromatic N) is 4. The van der Waals surface area contributed by atoms with E-state index in [1.54, 1.807) is 0 Å². The second-order valence-corrected chi connectivity index (χ2v) is 37.0. The molecular formula is C129H80N4S. The zero-order chi connectivity index (χ0) is 87.9. The highest BCUT2D eigenvalue weighted by Gasteiger charge is 2.53. The Hall–Kier alpha value is -17.0. The van der Waals surface area contributed by atoms with Gasteiger partial charge in [-0.1, -0.05) is 388 Å². The molecule has 28 rings (SSSR count). The zero-order valence-corrected chi connectivity index (χ0v) is 73.7. The van der Waals surface area contributed by atoms with E-state index in [9.17, 15) is 0 Å². The van der Waals surface area contributed by atoms with Crippen LogP contribution in [-0.4, -0.2) is 13.3 Å². The van der Waals surface area contributed by atoms with E-state index in [-0.39, 0.29) is 5.92 Å². The zero-order valence-electron chi connectivity index (χ0n) is 72.9. The fraction of sp³-hybridized carbons (Fsp3) is 0.0233. The molecule has 0 fully saturated rings. The highest BCUT2D eigenvalue weighted by molar-refractivity contribution is 7.00. The minimum absolute atomic E-state index is 0.141. The highest BCUT2D eigenvalue weighted by Crippen LogP contribution is 2.66. The Balaban J connectivity index is 0.527. The van der Waals surface area contributed by atoms with Gasteiger partial charge in [-0.3, -0.25) is 0 Å². The Morgan fingerprint density at radius 2 is 0.515 bits per heavy atom. The molecule has 5 aliphatic carbocycles. The summed E-state index contributed by atoms with van der Waals surface area (Å²) in [5.74, 6) is 0.141. The maximum Gasteiger partial charge on any atom is 0.129 e. The summed E-state index contributed by atoms with van der Waals surface area (Å²) in [6.45, 7) is 0. The lowest BCUT2D eigenvalue weighted by Crippen LogP contribution is -2.25. The first-order chi connectivity index (χ1) is 66.4. The first kappa shape index (κ1) is 76.0. The Kier molecular flexibility index (Phi) is 16.9. The molecule has 1 atom stereocenters. The topological polar surface area (TPSA) is 34.0 Å². The number of anilines is 3. The Bertz CT molecular complexity index is 8340. The van der Waals surface area contributed by atoms with Crippen molar-refractivity contribution in [3.63, 3.8) is 0 Å². The number of benzene rings is 21. The maximum atomic E-state index is 5.20. The van der Waals surface area contributed by atoms with Gasteiger partial charge in [0.2, 0.25) is 0 Å². The van der Waals surface area contributed by atoms with Crippen LogP contribution in [0.3, 0.4) is 0 Å². The van der Waals surface area contributed by atoms with Crippen molar-refractivity contribution < 1.29 is 0 Å². The van der Waals surface area contributed by atoms with E-state index in [0.717, 1.165) is 89.3 Å². The largest absolute Gasteiger partial charge is 0.309 e. The van der Waals surface area contributed by atoms with Crippen LogP contribution in [0.1, 0.15) is 67.1 Å². The van der Waals surface area contributed by atoms with Gasteiger partial charge in [0, 0.05) is 39.3 Å². The molecule has 2 heterocycles. The summed E-state index contributed by atoms with van der Waals surface area (Å²) >= 11 is 1.26. The van der Waals surface area contributed by atoms with Crippen LogP contribution in [0.25, 0.3) is 183 Å². The molecule has 2 aromatic heterocycles. The molecule has 5 heteroatoms. The molecule has 21 aromatic carbocycles. The average molecular weight is 1720 g/mol. The van der Waals surface area contributed by atoms with Crippen LogP contribution in [0.5, 0.6) is 0 Å². The van der Waals surface area contributed by atoms with Crippen LogP contribution in [0.2, 0.25) is 0 Å². The van der Waals surface area contributed by atoms with Crippen LogP contribution in [-0.2, 0) is 10.8 Å². The Morgan fingerprint density at radius 1 is 0.209 bits per heavy atom. The van der Waals surface area contributed by atoms with E-state index in [0.29, 0.717) is 0 Å². The van der Waals surface area contributed by atoms with E-state index in [4.69, 9.17) is 8.75 Å². The van der Waals surface area contributed by atoms with Gasteiger partial charge in [0.25, 0.3) is 0 Å². The molecule has 0 saturated carbocycles. The van der Waals surface area contributed by atoms with Crippen molar-refractivity contribution in [2.24, 2.45) is 0 Å². The van der Waals surface area contributed by atoms with E-state index >= 15 is 0 Å². The van der Waals surface area contributed by atoms with Crippen LogP contribution < -0.4 is 4.90 Å². The first-order valence-corrected chi connectivity index (χ1v) is 47.1. The molecule has 0 N–H and O–H groups in total. The van der Waals surface area contributed by atoms with Crippen molar-refractivity contribution in [3.05, 3.63) is 540 Å². The lowest BCUT2D eigenvalue weighted by atomic mass is 9.70. The fourth-order valence-corrected chi connectivity index (χ4v) is 24.4. The molecule has 0 saturated heterocycles. The molecular weight excluding hydrogens is 1640 g/mol. The van der Waals surface area contributed by atoms with Gasteiger partial charge in [0.05, 0.1) is 39.3 Å². The molecule has 1 unspecified atom stereocenters. The predicted octanol–water partition coefficient (Wildman–Crippen LogP) is 33.4. The van der Waals surface area contributed by atoms with Crippen molar-refractivity contribution in [1.29, 1.82) is 0 Å². The van der Waals surface area contributed by atoms with E-state index in [1.807, 2.05) is 0 Å². The van der Waals surface area contributed by atoms with Crippen molar-refractivity contribution in [2.45, 2.75) is 16.7 Å². The number of fused-ring (bicyclic) bond motifs is 27. The summed E-state index contributed by atoms with van der Waals surface area (Å²) in [6.07, 6.45) is 0. The molecule has 0 radical (unpaired) electrons. The van der Waals surface area contributed by atoms with Gasteiger partial charge >= 0.3 is 0 Å². The lowest BCUT2D eigenvalue weighted by Gasteiger charge is -2.30. The van der Waals surface area contributed by atoms with Crippen molar-refractivity contribution in [2.75, 3.05) is 4.90 Å². The monoisotopic (exact) mass is 1720 g/mol. The summed E-state index contributed by atoms with van der Waals surface area (Å²) < 4.78 is 12.8. The van der Waals surface area contributed by atoms with Gasteiger partial charge < -0.3 is 9.47 Å². The molecule has 5 aliphatic rings. The number of aromatic nitrogens is 3. The minimum atomic E-state index is -0.421. The second kappa shape index (κ2) is 29.8. The van der Waals surface area contributed by atoms with Gasteiger partial charge in [0.1, 0.15) is 11.0 Å². The van der Waals surface area contributed by atoms with Crippen LogP contribution >= 0.6 is 11.7 Å². The summed E-state index contributed by atoms with van der Waals surface area (Å²) in [6, 6.07) is 180. The molecule has 2 spiro atoms. The van der Waals surface area contributed by atoms with Gasteiger partial charge in [0.15, 0.2) is 0 Å². The van der Waals surface area contributed by atoms with Gasteiger partial charge in [-0.15, -0.1) is 0 Å². The number of hydrogen-bond donors (Lipinski definition) is 0. The van der Waals surface area contributed by atoms with Crippen molar-refractivity contribution in [3.8, 4) is 150 Å². The molecule has 0 amide bonds. The maximum absolute atomic E-state index is 5.20. The quantitative estimate of drug-likeness (QED) is 0.115. The van der Waals surface area contributed by atoms with E-state index in [1.165, 1.54) is 184 Å².